The van der Waals surface area contributed by atoms with Crippen LogP contribution in [0, 0.1) is 0 Å². The summed E-state index contributed by atoms with van der Waals surface area (Å²) in [5, 5.41) is 15.4. The van der Waals surface area contributed by atoms with Crippen molar-refractivity contribution in [3.05, 3.63) is 181 Å². The van der Waals surface area contributed by atoms with Gasteiger partial charge in [0.2, 0.25) is 0 Å². The molecule has 11 rings (SSSR count). The van der Waals surface area contributed by atoms with Crippen molar-refractivity contribution in [1.29, 1.82) is 0 Å². The SMILES string of the molecule is c1ccc(-c2c3ccccc3c(-c3cccc4c3[se]c3cc(-c5c6ccccc6c(-c6cccs6)c6ccccc56)ccc34)c3ccccc23)cc1. The average Bonchev–Trinajstić information content (AvgIpc) is 3.88. The van der Waals surface area contributed by atoms with Crippen molar-refractivity contribution < 1.29 is 0 Å². The van der Waals surface area contributed by atoms with Crippen molar-refractivity contribution in [3.8, 4) is 43.8 Å². The monoisotopic (exact) mass is 742 g/mol. The summed E-state index contributed by atoms with van der Waals surface area (Å²) in [4.78, 5) is 1.32. The molecule has 242 valence electrons. The first-order chi connectivity index (χ1) is 25.8. The van der Waals surface area contributed by atoms with Gasteiger partial charge < -0.3 is 0 Å². The van der Waals surface area contributed by atoms with E-state index in [9.17, 15) is 0 Å². The van der Waals surface area contributed by atoms with Crippen LogP contribution < -0.4 is 0 Å². The van der Waals surface area contributed by atoms with Crippen LogP contribution in [-0.4, -0.2) is 14.5 Å². The molecule has 0 aliphatic carbocycles. The van der Waals surface area contributed by atoms with Crippen LogP contribution in [0.25, 0.3) is 106 Å². The molecule has 0 radical (unpaired) electrons. The van der Waals surface area contributed by atoms with E-state index in [0.717, 1.165) is 0 Å². The first-order valence-corrected chi connectivity index (χ1v) is 20.3. The normalized spacial score (nSPS) is 11.8. The van der Waals surface area contributed by atoms with Crippen molar-refractivity contribution in [1.82, 2.24) is 0 Å². The number of benzene rings is 9. The molecule has 52 heavy (non-hydrogen) atoms. The Bertz CT molecular complexity index is 3050. The van der Waals surface area contributed by atoms with E-state index in [1.54, 1.807) is 0 Å². The second-order valence-corrected chi connectivity index (χ2v) is 16.7. The number of fused-ring (bicyclic) bond motifs is 7. The third kappa shape index (κ3) is 4.46. The van der Waals surface area contributed by atoms with Gasteiger partial charge in [-0.1, -0.05) is 0 Å². The van der Waals surface area contributed by atoms with Crippen molar-refractivity contribution in [2.75, 3.05) is 0 Å². The first kappa shape index (κ1) is 29.9. The molecule has 0 fully saturated rings. The zero-order chi connectivity index (χ0) is 34.2. The fraction of sp³-hybridized carbons (Fsp3) is 0. The molecular weight excluding hydrogens is 712 g/mol. The molecule has 0 saturated carbocycles. The molecule has 0 atom stereocenters. The summed E-state index contributed by atoms with van der Waals surface area (Å²) in [7, 11) is 0. The van der Waals surface area contributed by atoms with E-state index < -0.39 is 0 Å². The standard InChI is InChI=1S/C50H30SSe/c1-2-14-31(15-3-1)46-34-16-4-8-20-38(34)48(39-21-9-5-17-35(39)46)43-25-12-24-42-33-28-27-32(30-45(33)52-50(42)43)47-36-18-6-10-22-40(36)49(44-26-13-29-51-44)41-23-11-7-19-37(41)47/h1-30H. The minimum absolute atomic E-state index is 0.139. The van der Waals surface area contributed by atoms with Crippen LogP contribution in [0.3, 0.4) is 0 Å². The molecule has 0 amide bonds. The van der Waals surface area contributed by atoms with Crippen LogP contribution in [-0.2, 0) is 0 Å². The van der Waals surface area contributed by atoms with Crippen LogP contribution in [0.4, 0.5) is 0 Å². The van der Waals surface area contributed by atoms with E-state index in [1.807, 2.05) is 11.3 Å². The second kappa shape index (κ2) is 11.9. The molecule has 9 aromatic carbocycles. The third-order valence-corrected chi connectivity index (χ3v) is 14.2. The summed E-state index contributed by atoms with van der Waals surface area (Å²) >= 11 is 1.96. The van der Waals surface area contributed by atoms with Gasteiger partial charge in [-0.25, -0.2) is 0 Å². The van der Waals surface area contributed by atoms with Gasteiger partial charge in [0.05, 0.1) is 0 Å². The Morgan fingerprint density at radius 1 is 0.327 bits per heavy atom. The fourth-order valence-electron chi connectivity index (χ4n) is 8.61. The first-order valence-electron chi connectivity index (χ1n) is 17.8. The Kier molecular flexibility index (Phi) is 6.85. The Hall–Kier alpha value is -5.76. The van der Waals surface area contributed by atoms with Crippen LogP contribution in [0.5, 0.6) is 0 Å². The van der Waals surface area contributed by atoms with Crippen molar-refractivity contribution >= 4 is 88.2 Å². The number of hydrogen-bond donors (Lipinski definition) is 0. The summed E-state index contributed by atoms with van der Waals surface area (Å²) in [5.74, 6) is 0. The maximum absolute atomic E-state index is 2.51. The van der Waals surface area contributed by atoms with Crippen LogP contribution in [0.1, 0.15) is 0 Å². The van der Waals surface area contributed by atoms with Gasteiger partial charge in [-0.05, 0) is 0 Å². The summed E-state index contributed by atoms with van der Waals surface area (Å²) in [6.45, 7) is 0. The maximum atomic E-state index is 2.51. The van der Waals surface area contributed by atoms with Gasteiger partial charge in [-0.3, -0.25) is 0 Å². The summed E-state index contributed by atoms with van der Waals surface area (Å²) in [6, 6.07) is 65.6. The molecule has 0 nitrogen and oxygen atoms in total. The molecule has 0 aliphatic rings. The van der Waals surface area contributed by atoms with E-state index in [4.69, 9.17) is 0 Å². The van der Waals surface area contributed by atoms with Crippen LogP contribution >= 0.6 is 11.3 Å². The van der Waals surface area contributed by atoms with Gasteiger partial charge in [0, 0.05) is 0 Å². The molecule has 2 heteroatoms. The van der Waals surface area contributed by atoms with E-state index >= 15 is 0 Å². The number of thiophene rings is 1. The third-order valence-electron chi connectivity index (χ3n) is 10.7. The van der Waals surface area contributed by atoms with Gasteiger partial charge in [0.1, 0.15) is 0 Å². The molecule has 2 heterocycles. The van der Waals surface area contributed by atoms with Gasteiger partial charge in [0.15, 0.2) is 0 Å². The van der Waals surface area contributed by atoms with Gasteiger partial charge >= 0.3 is 313 Å². The Morgan fingerprint density at radius 3 is 1.38 bits per heavy atom. The Morgan fingerprint density at radius 2 is 0.827 bits per heavy atom. The van der Waals surface area contributed by atoms with Crippen molar-refractivity contribution in [3.63, 3.8) is 0 Å². The van der Waals surface area contributed by atoms with Crippen molar-refractivity contribution in [2.45, 2.75) is 0 Å². The molecular formula is C50H30SSe. The predicted octanol–water partition coefficient (Wildman–Crippen LogP) is 14.4. The Balaban J connectivity index is 1.18. The molecule has 0 unspecified atom stereocenters. The van der Waals surface area contributed by atoms with Gasteiger partial charge in [-0.15, -0.1) is 0 Å². The van der Waals surface area contributed by atoms with Gasteiger partial charge in [-0.2, -0.15) is 0 Å². The van der Waals surface area contributed by atoms with E-state index in [2.05, 4.69) is 181 Å². The zero-order valence-electron chi connectivity index (χ0n) is 28.1. The molecule has 0 aliphatic heterocycles. The van der Waals surface area contributed by atoms with Crippen molar-refractivity contribution in [2.24, 2.45) is 0 Å². The molecule has 2 aromatic heterocycles. The average molecular weight is 742 g/mol. The summed E-state index contributed by atoms with van der Waals surface area (Å²) in [5.41, 5.74) is 9.24. The number of rotatable bonds is 4. The van der Waals surface area contributed by atoms with Crippen LogP contribution in [0.2, 0.25) is 0 Å². The molecule has 0 bridgehead atoms. The molecule has 0 spiro atoms. The molecule has 0 N–H and O–H groups in total. The van der Waals surface area contributed by atoms with Crippen LogP contribution in [0.15, 0.2) is 181 Å². The fourth-order valence-corrected chi connectivity index (χ4v) is 12.1. The van der Waals surface area contributed by atoms with E-state index in [-0.39, 0.29) is 14.5 Å². The topological polar surface area (TPSA) is 0 Å². The summed E-state index contributed by atoms with van der Waals surface area (Å²) < 4.78 is 2.94. The zero-order valence-corrected chi connectivity index (χ0v) is 30.7. The second-order valence-electron chi connectivity index (χ2n) is 13.5. The predicted molar refractivity (Wildman–Crippen MR) is 228 cm³/mol. The molecule has 0 saturated heterocycles. The number of hydrogen-bond acceptors (Lipinski definition) is 1. The van der Waals surface area contributed by atoms with E-state index in [0.29, 0.717) is 0 Å². The quantitative estimate of drug-likeness (QED) is 0.124. The Labute approximate surface area is 311 Å². The van der Waals surface area contributed by atoms with Gasteiger partial charge in [0.25, 0.3) is 0 Å². The molecule has 11 aromatic rings. The minimum atomic E-state index is 0.139. The van der Waals surface area contributed by atoms with E-state index in [1.165, 1.54) is 106 Å². The summed E-state index contributed by atoms with van der Waals surface area (Å²) in [6.07, 6.45) is 0.